The van der Waals surface area contributed by atoms with Gasteiger partial charge >= 0.3 is 0 Å². The fraction of sp³-hybridized carbons (Fsp3) is 0.333. The molecule has 0 bridgehead atoms. The molecule has 10 heteroatoms. The molecule has 3 rings (SSSR count). The predicted molar refractivity (Wildman–Crippen MR) is 111 cm³/mol. The number of piperidine rings is 1. The summed E-state index contributed by atoms with van der Waals surface area (Å²) in [6.45, 7) is 0.0185. The third-order valence-corrected chi connectivity index (χ3v) is 7.04. The lowest BCUT2D eigenvalue weighted by atomic mass is 9.96. The number of sulfonamides is 1. The lowest BCUT2D eigenvalue weighted by Crippen LogP contribution is -2.45. The summed E-state index contributed by atoms with van der Waals surface area (Å²) in [5.74, 6) is -3.36. The van der Waals surface area contributed by atoms with E-state index < -0.39 is 27.6 Å². The van der Waals surface area contributed by atoms with Crippen LogP contribution in [0.25, 0.3) is 0 Å². The van der Waals surface area contributed by atoms with Crippen molar-refractivity contribution in [2.45, 2.75) is 17.7 Å². The number of nitrogens with one attached hydrogen (secondary N) is 1. The Morgan fingerprint density at radius 1 is 1.06 bits per heavy atom. The largest absolute Gasteiger partial charge is 0.336 e. The second kappa shape index (κ2) is 9.52. The van der Waals surface area contributed by atoms with Gasteiger partial charge in [0, 0.05) is 31.7 Å². The van der Waals surface area contributed by atoms with Gasteiger partial charge in [0.05, 0.1) is 11.4 Å². The molecule has 0 atom stereocenters. The van der Waals surface area contributed by atoms with Gasteiger partial charge in [-0.15, -0.1) is 0 Å². The normalized spacial score (nSPS) is 15.5. The van der Waals surface area contributed by atoms with E-state index in [4.69, 9.17) is 0 Å². The van der Waals surface area contributed by atoms with Crippen molar-refractivity contribution >= 4 is 27.5 Å². The van der Waals surface area contributed by atoms with Crippen LogP contribution in [0.3, 0.4) is 0 Å². The van der Waals surface area contributed by atoms with Gasteiger partial charge in [-0.25, -0.2) is 17.2 Å². The van der Waals surface area contributed by atoms with Crippen molar-refractivity contribution in [3.05, 3.63) is 60.2 Å². The molecule has 0 aromatic heterocycles. The van der Waals surface area contributed by atoms with E-state index in [2.05, 4.69) is 5.32 Å². The number of hydrogen-bond acceptors (Lipinski definition) is 4. The quantitative estimate of drug-likeness (QED) is 0.731. The highest BCUT2D eigenvalue weighted by molar-refractivity contribution is 7.89. The summed E-state index contributed by atoms with van der Waals surface area (Å²) in [6.07, 6.45) is 0.540. The molecule has 1 aliphatic rings. The van der Waals surface area contributed by atoms with Crippen LogP contribution in [0.4, 0.5) is 14.5 Å². The molecule has 1 fully saturated rings. The molecule has 1 heterocycles. The van der Waals surface area contributed by atoms with Gasteiger partial charge in [0.15, 0.2) is 11.6 Å². The topological polar surface area (TPSA) is 86.8 Å². The highest BCUT2D eigenvalue weighted by atomic mass is 32.2. The first kappa shape index (κ1) is 22.8. The van der Waals surface area contributed by atoms with Crippen molar-refractivity contribution in [3.63, 3.8) is 0 Å². The van der Waals surface area contributed by atoms with Crippen molar-refractivity contribution in [1.82, 2.24) is 9.21 Å². The lowest BCUT2D eigenvalue weighted by molar-refractivity contribution is -0.138. The Hall–Kier alpha value is -2.85. The molecule has 0 aliphatic carbocycles. The zero-order chi connectivity index (χ0) is 22.6. The van der Waals surface area contributed by atoms with Crippen LogP contribution in [0, 0.1) is 17.6 Å². The van der Waals surface area contributed by atoms with Gasteiger partial charge in [-0.05, 0) is 43.2 Å². The predicted octanol–water partition coefficient (Wildman–Crippen LogP) is 2.46. The molecule has 1 N–H and O–H groups in total. The number of carbonyl (C=O) groups is 2. The molecule has 2 amide bonds. The van der Waals surface area contributed by atoms with E-state index in [1.165, 1.54) is 11.9 Å². The smallest absolute Gasteiger partial charge is 0.243 e. The van der Waals surface area contributed by atoms with Gasteiger partial charge in [0.2, 0.25) is 21.8 Å². The van der Waals surface area contributed by atoms with Gasteiger partial charge < -0.3 is 10.2 Å². The van der Waals surface area contributed by atoms with E-state index in [0.717, 1.165) is 16.4 Å². The maximum atomic E-state index is 13.4. The number of halogens is 2. The zero-order valence-corrected chi connectivity index (χ0v) is 17.7. The second-order valence-corrected chi connectivity index (χ2v) is 9.30. The first-order valence-electron chi connectivity index (χ1n) is 9.73. The average molecular weight is 451 g/mol. The molecule has 0 unspecified atom stereocenters. The zero-order valence-electron chi connectivity index (χ0n) is 16.9. The summed E-state index contributed by atoms with van der Waals surface area (Å²) in [6, 6.07) is 11.3. The minimum Gasteiger partial charge on any atom is -0.336 e. The molecule has 2 aromatic carbocycles. The summed E-state index contributed by atoms with van der Waals surface area (Å²) in [7, 11) is -2.46. The van der Waals surface area contributed by atoms with Crippen LogP contribution < -0.4 is 5.32 Å². The number of nitrogens with zero attached hydrogens (tertiary/aromatic N) is 2. The van der Waals surface area contributed by atoms with Crippen molar-refractivity contribution in [2.24, 2.45) is 5.92 Å². The van der Waals surface area contributed by atoms with Crippen molar-refractivity contribution in [1.29, 1.82) is 0 Å². The number of amides is 2. The Balaban J connectivity index is 1.55. The van der Waals surface area contributed by atoms with Gasteiger partial charge in [-0.3, -0.25) is 9.59 Å². The summed E-state index contributed by atoms with van der Waals surface area (Å²) in [5, 5.41) is 2.71. The third kappa shape index (κ3) is 5.45. The average Bonchev–Trinajstić information content (AvgIpc) is 2.75. The molecule has 0 saturated carbocycles. The maximum absolute atomic E-state index is 13.4. The molecule has 2 aromatic rings. The molecule has 0 spiro atoms. The van der Waals surface area contributed by atoms with Crippen LogP contribution >= 0.6 is 0 Å². The Kier molecular flexibility index (Phi) is 7.01. The summed E-state index contributed by atoms with van der Waals surface area (Å²) < 4.78 is 53.0. The fourth-order valence-electron chi connectivity index (χ4n) is 3.46. The van der Waals surface area contributed by atoms with Gasteiger partial charge in [-0.1, -0.05) is 18.2 Å². The minimum absolute atomic E-state index is 0.0712. The van der Waals surface area contributed by atoms with E-state index in [1.54, 1.807) is 24.3 Å². The maximum Gasteiger partial charge on any atom is 0.243 e. The molecular formula is C21H23F2N3O4S. The number of likely N-dealkylation sites (N-methyl/N-ethyl adjacent to an activating group) is 1. The molecule has 166 valence electrons. The van der Waals surface area contributed by atoms with Crippen molar-refractivity contribution in [3.8, 4) is 0 Å². The van der Waals surface area contributed by atoms with E-state index in [-0.39, 0.29) is 49.2 Å². The molecule has 1 saturated heterocycles. The molecule has 31 heavy (non-hydrogen) atoms. The number of benzene rings is 2. The van der Waals surface area contributed by atoms with Crippen molar-refractivity contribution < 1.29 is 26.8 Å². The van der Waals surface area contributed by atoms with Crippen LogP contribution in [0.2, 0.25) is 0 Å². The van der Waals surface area contributed by atoms with Crippen LogP contribution in [-0.4, -0.2) is 56.1 Å². The Morgan fingerprint density at radius 3 is 2.32 bits per heavy atom. The number of rotatable bonds is 6. The monoisotopic (exact) mass is 451 g/mol. The van der Waals surface area contributed by atoms with E-state index in [1.807, 2.05) is 6.07 Å². The van der Waals surface area contributed by atoms with Crippen LogP contribution in [0.5, 0.6) is 0 Å². The Labute approximate surface area is 179 Å². The van der Waals surface area contributed by atoms with Crippen LogP contribution in [-0.2, 0) is 19.6 Å². The highest BCUT2D eigenvalue weighted by Crippen LogP contribution is 2.25. The van der Waals surface area contributed by atoms with E-state index in [0.29, 0.717) is 11.8 Å². The van der Waals surface area contributed by atoms with E-state index >= 15 is 0 Å². The first-order valence-corrected chi connectivity index (χ1v) is 11.2. The SMILES string of the molecule is CN(CC(=O)Nc1ccccc1)C(=O)C1CCN(S(=O)(=O)c2ccc(F)c(F)c2)CC1. The summed E-state index contributed by atoms with van der Waals surface area (Å²) >= 11 is 0. The number of anilines is 1. The fourth-order valence-corrected chi connectivity index (χ4v) is 4.94. The second-order valence-electron chi connectivity index (χ2n) is 7.36. The van der Waals surface area contributed by atoms with Crippen LogP contribution in [0.1, 0.15) is 12.8 Å². The summed E-state index contributed by atoms with van der Waals surface area (Å²) in [5.41, 5.74) is 0.629. The van der Waals surface area contributed by atoms with Gasteiger partial charge in [0.25, 0.3) is 0 Å². The minimum atomic E-state index is -3.99. The molecule has 7 nitrogen and oxygen atoms in total. The van der Waals surface area contributed by atoms with E-state index in [9.17, 15) is 26.8 Å². The molecule has 1 aliphatic heterocycles. The Bertz CT molecular complexity index is 1060. The van der Waals surface area contributed by atoms with Crippen molar-refractivity contribution in [2.75, 3.05) is 32.0 Å². The van der Waals surface area contributed by atoms with Gasteiger partial charge in [0.1, 0.15) is 0 Å². The Morgan fingerprint density at radius 2 is 1.71 bits per heavy atom. The first-order chi connectivity index (χ1) is 14.7. The van der Waals surface area contributed by atoms with Crippen LogP contribution in [0.15, 0.2) is 53.4 Å². The highest BCUT2D eigenvalue weighted by Gasteiger charge is 2.33. The summed E-state index contributed by atoms with van der Waals surface area (Å²) in [4.78, 5) is 25.8. The standard InChI is InChI=1S/C21H23F2N3O4S/c1-25(14-20(27)24-16-5-3-2-4-6-16)21(28)15-9-11-26(12-10-15)31(29,30)17-7-8-18(22)19(23)13-17/h2-8,13,15H,9-12,14H2,1H3,(H,24,27). The number of hydrogen-bond donors (Lipinski definition) is 1. The third-order valence-electron chi connectivity index (χ3n) is 5.15. The molecular weight excluding hydrogens is 428 g/mol. The number of para-hydroxylation sites is 1. The van der Waals surface area contributed by atoms with Gasteiger partial charge in [-0.2, -0.15) is 4.31 Å². The number of carbonyl (C=O) groups excluding carboxylic acids is 2. The molecule has 0 radical (unpaired) electrons. The lowest BCUT2D eigenvalue weighted by Gasteiger charge is -2.32.